The first-order valence-electron chi connectivity index (χ1n) is 19.9. The summed E-state index contributed by atoms with van der Waals surface area (Å²) in [5.74, 6) is -1.99. The molecule has 0 unspecified atom stereocenters. The van der Waals surface area contributed by atoms with Crippen LogP contribution >= 0.6 is 0 Å². The number of likely N-dealkylation sites (N-methyl/N-ethyl adjacent to an activating group) is 1. The number of hydrogen-bond donors (Lipinski definition) is 3. The van der Waals surface area contributed by atoms with Gasteiger partial charge in [0.05, 0.1) is 23.8 Å². The van der Waals surface area contributed by atoms with Gasteiger partial charge in [-0.05, 0) is 92.3 Å². The average Bonchev–Trinajstić information content (AvgIpc) is 3.82. The molecule has 4 aliphatic heterocycles. The number of unbranched alkanes of at least 4 members (excludes halogenated alkanes) is 2. The molecular weight excluding hydrogens is 809 g/mol. The summed E-state index contributed by atoms with van der Waals surface area (Å²) in [6.45, 7) is 1.58. The maximum atomic E-state index is 13.9. The number of aromatic hydroxyl groups is 1. The molecule has 1 atom stereocenters. The molecule has 0 bridgehead atoms. The molecule has 0 saturated carbocycles. The molecule has 3 amide bonds. The van der Waals surface area contributed by atoms with E-state index in [9.17, 15) is 32.7 Å². The monoisotopic (exact) mass is 852 g/mol. The van der Waals surface area contributed by atoms with Gasteiger partial charge >= 0.3 is 6.15 Å². The third-order valence-corrected chi connectivity index (χ3v) is 13.1. The summed E-state index contributed by atoms with van der Waals surface area (Å²) in [6.07, 6.45) is 4.41. The summed E-state index contributed by atoms with van der Waals surface area (Å²) in [5, 5.41) is 16.6. The zero-order chi connectivity index (χ0) is 43.3. The Labute approximate surface area is 350 Å². The van der Waals surface area contributed by atoms with Crippen molar-refractivity contribution in [2.45, 2.75) is 61.7 Å². The lowest BCUT2D eigenvalue weighted by molar-refractivity contribution is -0.256. The minimum atomic E-state index is -3.95. The van der Waals surface area contributed by atoms with Gasteiger partial charge in [-0.15, -0.1) is 0 Å². The molecule has 0 aromatic heterocycles. The van der Waals surface area contributed by atoms with Crippen molar-refractivity contribution in [3.05, 3.63) is 100 Å². The maximum Gasteiger partial charge on any atom is 0.373 e. The number of fused-ring (bicyclic) bond motifs is 4. The fraction of sp³-hybridized carbons (Fsp3) is 0.341. The quantitative estimate of drug-likeness (QED) is 0.117. The van der Waals surface area contributed by atoms with E-state index >= 15 is 0 Å². The molecular formula is C44H44N4O12S. The van der Waals surface area contributed by atoms with Crippen molar-refractivity contribution in [1.29, 1.82) is 0 Å². The van der Waals surface area contributed by atoms with Gasteiger partial charge in [-0.2, -0.15) is 13.9 Å². The van der Waals surface area contributed by atoms with Crippen molar-refractivity contribution in [2.75, 3.05) is 44.8 Å². The minimum Gasteiger partial charge on any atom is -0.508 e. The van der Waals surface area contributed by atoms with Crippen LogP contribution in [0, 0.1) is 0 Å². The zero-order valence-corrected chi connectivity index (χ0v) is 34.1. The highest BCUT2D eigenvalue weighted by Gasteiger charge is 2.54. The van der Waals surface area contributed by atoms with E-state index in [0.29, 0.717) is 93.0 Å². The van der Waals surface area contributed by atoms with E-state index in [1.54, 1.807) is 43.4 Å². The number of benzene rings is 4. The molecule has 16 nitrogen and oxygen atoms in total. The van der Waals surface area contributed by atoms with Gasteiger partial charge < -0.3 is 34.5 Å². The van der Waals surface area contributed by atoms with E-state index in [2.05, 4.69) is 10.6 Å². The molecule has 3 aromatic rings. The molecule has 1 aliphatic carbocycles. The lowest BCUT2D eigenvalue weighted by Crippen LogP contribution is -2.46. The number of hydrogen-bond acceptors (Lipinski definition) is 12. The van der Waals surface area contributed by atoms with Crippen LogP contribution in [-0.2, 0) is 44.5 Å². The number of anilines is 1. The van der Waals surface area contributed by atoms with Gasteiger partial charge in [-0.25, -0.2) is 8.42 Å². The van der Waals surface area contributed by atoms with Crippen LogP contribution in [0.4, 0.5) is 5.69 Å². The standard InChI is InChI=1S/C43H44N4O10S.CO2/c1-46-36-18-15-32(25-35(36)43(42(46)52)55-21-6-22-56-43)58(53,54)47-20-5-7-29(47)26-45-39(50)8-3-2-4-19-44-41(51)28-11-9-27(10-12-28)40-33-16-13-30(48)23-37(33)57-38-24-31(49)14-17-34(38)40;2-1-3/h9-18,23-25,29,48H,2-8,19-22,26H2,1H3,(H,44,51)(H,45,50);/t29-;/m0./s1. The fourth-order valence-corrected chi connectivity index (χ4v) is 9.84. The van der Waals surface area contributed by atoms with E-state index < -0.39 is 21.9 Å². The number of phenolic OH excluding ortho intramolecular Hbond substituents is 1. The Morgan fingerprint density at radius 3 is 2.41 bits per heavy atom. The highest BCUT2D eigenvalue weighted by atomic mass is 32.2. The molecule has 8 rings (SSSR count). The number of amides is 3. The largest absolute Gasteiger partial charge is 0.508 e. The SMILES string of the molecule is CN1C(=O)C2(OCCCO2)c2cc(S(=O)(=O)N3CCC[C@H]3CNC(=O)CCCCCNC(=O)c3ccc(-c4c5ccc(=O)cc-5oc5cc(O)ccc45)cc3)ccc21.O=C=O. The zero-order valence-electron chi connectivity index (χ0n) is 33.3. The van der Waals surface area contributed by atoms with Gasteiger partial charge in [0.15, 0.2) is 5.43 Å². The lowest BCUT2D eigenvalue weighted by Gasteiger charge is -2.32. The number of sulfonamides is 1. The minimum absolute atomic E-state index is 0.0406. The Morgan fingerprint density at radius 1 is 0.902 bits per heavy atom. The number of carbonyl (C=O) groups is 3. The molecule has 0 radical (unpaired) electrons. The second-order valence-corrected chi connectivity index (χ2v) is 16.9. The molecule has 5 aliphatic rings. The van der Waals surface area contributed by atoms with Crippen LogP contribution in [0.25, 0.3) is 33.4 Å². The third-order valence-electron chi connectivity index (χ3n) is 11.1. The Bertz CT molecular complexity index is 2630. The van der Waals surface area contributed by atoms with Gasteiger partial charge in [0.25, 0.3) is 17.6 Å². The van der Waals surface area contributed by atoms with Gasteiger partial charge in [-0.1, -0.05) is 18.6 Å². The second-order valence-electron chi connectivity index (χ2n) is 15.0. The van der Waals surface area contributed by atoms with Crippen LogP contribution in [0.5, 0.6) is 5.75 Å². The lowest BCUT2D eigenvalue weighted by atomic mass is 9.93. The normalized spacial score (nSPS) is 17.2. The van der Waals surface area contributed by atoms with Crippen molar-refractivity contribution < 1.29 is 51.4 Å². The number of ether oxygens (including phenoxy) is 2. The topological polar surface area (TPSA) is 219 Å². The summed E-state index contributed by atoms with van der Waals surface area (Å²) < 4.78 is 46.8. The van der Waals surface area contributed by atoms with Crippen LogP contribution in [0.15, 0.2) is 93.0 Å². The second kappa shape index (κ2) is 18.2. The number of nitrogens with one attached hydrogen (secondary N) is 2. The summed E-state index contributed by atoms with van der Waals surface area (Å²) in [6, 6.07) is 20.8. The predicted octanol–water partition coefficient (Wildman–Crippen LogP) is 4.51. The van der Waals surface area contributed by atoms with Crippen molar-refractivity contribution in [3.63, 3.8) is 0 Å². The van der Waals surface area contributed by atoms with Crippen molar-refractivity contribution >= 4 is 50.6 Å². The molecule has 4 heterocycles. The molecule has 1 spiro atoms. The van der Waals surface area contributed by atoms with E-state index in [-0.39, 0.29) is 52.9 Å². The summed E-state index contributed by atoms with van der Waals surface area (Å²) in [4.78, 5) is 68.6. The van der Waals surface area contributed by atoms with E-state index in [0.717, 1.165) is 22.1 Å². The van der Waals surface area contributed by atoms with Crippen molar-refractivity contribution in [2.24, 2.45) is 0 Å². The van der Waals surface area contributed by atoms with Crippen LogP contribution < -0.4 is 21.0 Å². The van der Waals surface area contributed by atoms with Gasteiger partial charge in [0.1, 0.15) is 17.1 Å². The molecule has 318 valence electrons. The first-order chi connectivity index (χ1) is 29.4. The van der Waals surface area contributed by atoms with Crippen LogP contribution in [0.2, 0.25) is 0 Å². The van der Waals surface area contributed by atoms with Gasteiger partial charge in [-0.3, -0.25) is 19.2 Å². The highest BCUT2D eigenvalue weighted by Crippen LogP contribution is 2.46. The summed E-state index contributed by atoms with van der Waals surface area (Å²) in [5.41, 5.74) is 4.01. The molecule has 2 saturated heterocycles. The van der Waals surface area contributed by atoms with Crippen LogP contribution in [0.3, 0.4) is 0 Å². The molecule has 17 heteroatoms. The number of rotatable bonds is 12. The summed E-state index contributed by atoms with van der Waals surface area (Å²) >= 11 is 0. The maximum absolute atomic E-state index is 13.9. The van der Waals surface area contributed by atoms with Crippen molar-refractivity contribution in [1.82, 2.24) is 14.9 Å². The smallest absolute Gasteiger partial charge is 0.373 e. The van der Waals surface area contributed by atoms with E-state index in [1.165, 1.54) is 39.5 Å². The fourth-order valence-electron chi connectivity index (χ4n) is 8.12. The number of phenols is 1. The number of nitrogens with zero attached hydrogens (tertiary/aromatic N) is 2. The predicted molar refractivity (Wildman–Crippen MR) is 220 cm³/mol. The molecule has 3 aromatic carbocycles. The Morgan fingerprint density at radius 2 is 1.66 bits per heavy atom. The first kappa shape index (κ1) is 42.9. The Balaban J connectivity index is 0.00000182. The number of carbonyl (C=O) groups excluding carboxylic acids is 5. The summed E-state index contributed by atoms with van der Waals surface area (Å²) in [7, 11) is -2.34. The Kier molecular flexibility index (Phi) is 12.8. The average molecular weight is 853 g/mol. The first-order valence-corrected chi connectivity index (χ1v) is 21.4. The third kappa shape index (κ3) is 8.69. The Hall–Kier alpha value is -6.23. The molecule has 2 fully saturated rings. The van der Waals surface area contributed by atoms with Gasteiger partial charge in [0, 0.05) is 78.9 Å². The van der Waals surface area contributed by atoms with Crippen LogP contribution in [-0.4, -0.2) is 87.6 Å². The van der Waals surface area contributed by atoms with E-state index in [1.807, 2.05) is 12.1 Å². The van der Waals surface area contributed by atoms with Gasteiger partial charge in [0.2, 0.25) is 15.9 Å². The molecule has 61 heavy (non-hydrogen) atoms. The highest BCUT2D eigenvalue weighted by molar-refractivity contribution is 7.89. The van der Waals surface area contributed by atoms with Crippen LogP contribution in [0.1, 0.15) is 60.9 Å². The molecule has 3 N–H and O–H groups in total. The van der Waals surface area contributed by atoms with E-state index in [4.69, 9.17) is 23.5 Å². The van der Waals surface area contributed by atoms with Crippen molar-refractivity contribution in [3.8, 4) is 28.2 Å².